The maximum atomic E-state index is 13.6. The largest absolute Gasteiger partial charge is 0.435 e. The van der Waals surface area contributed by atoms with E-state index in [1.165, 1.54) is 36.1 Å². The molecule has 0 saturated carbocycles. The normalized spacial score (nSPS) is 16.4. The van der Waals surface area contributed by atoms with Crippen molar-refractivity contribution in [1.29, 1.82) is 0 Å². The summed E-state index contributed by atoms with van der Waals surface area (Å²) in [6, 6.07) is 9.75. The van der Waals surface area contributed by atoms with E-state index in [2.05, 4.69) is 30.3 Å². The lowest BCUT2D eigenvalue weighted by Gasteiger charge is -2.35. The molecule has 0 unspecified atom stereocenters. The summed E-state index contributed by atoms with van der Waals surface area (Å²) in [6.07, 6.45) is -0.487. The second-order valence-corrected chi connectivity index (χ2v) is 11.3. The molecule has 3 aromatic heterocycles. The molecule has 1 aromatic carbocycles. The highest BCUT2D eigenvalue weighted by Crippen LogP contribution is 2.38. The Morgan fingerprint density at radius 3 is 2.46 bits per heavy atom. The molecule has 0 aliphatic carbocycles. The maximum absolute atomic E-state index is 13.6. The maximum Gasteiger partial charge on any atom is 0.435 e. The summed E-state index contributed by atoms with van der Waals surface area (Å²) in [5.41, 5.74) is -0.319. The summed E-state index contributed by atoms with van der Waals surface area (Å²) < 4.78 is 69.2. The Kier molecular flexibility index (Phi) is 7.27. The molecule has 5 rings (SSSR count). The van der Waals surface area contributed by atoms with Gasteiger partial charge in [0.1, 0.15) is 12.1 Å². The van der Waals surface area contributed by atoms with Gasteiger partial charge in [-0.1, -0.05) is 18.2 Å². The first kappa shape index (κ1) is 27.0. The van der Waals surface area contributed by atoms with Crippen molar-refractivity contribution in [3.63, 3.8) is 0 Å². The number of fused-ring (bicyclic) bond motifs is 1. The standard InChI is InChI=1S/C25H27F3N8O2S/c1-17(14-35-10-12-36(13-11-35)39(37,38)21-8-3-4-9-29-21)32-24-19-7-5-6-18(22(19)30-16-31-24)20-15-34(2)33-23(20)25(26,27)28/h3-9,15-17H,10-14H2,1-2H3,(H,30,31,32)/t17-/m0/s1. The summed E-state index contributed by atoms with van der Waals surface area (Å²) in [7, 11) is -2.19. The summed E-state index contributed by atoms with van der Waals surface area (Å²) in [5.74, 6) is 0.503. The van der Waals surface area contributed by atoms with E-state index in [0.29, 0.717) is 55.0 Å². The molecule has 0 amide bonds. The predicted molar refractivity (Wildman–Crippen MR) is 139 cm³/mol. The number of anilines is 1. The molecule has 1 saturated heterocycles. The van der Waals surface area contributed by atoms with Crippen LogP contribution in [0.1, 0.15) is 12.6 Å². The van der Waals surface area contributed by atoms with Crippen LogP contribution in [0.2, 0.25) is 0 Å². The Labute approximate surface area is 223 Å². The number of aryl methyl sites for hydroxylation is 1. The van der Waals surface area contributed by atoms with Crippen molar-refractivity contribution < 1.29 is 21.6 Å². The zero-order valence-corrected chi connectivity index (χ0v) is 22.1. The minimum absolute atomic E-state index is 0.0390. The quantitative estimate of drug-likeness (QED) is 0.367. The summed E-state index contributed by atoms with van der Waals surface area (Å²) in [4.78, 5) is 14.8. The molecule has 1 atom stereocenters. The number of alkyl halides is 3. The highest BCUT2D eigenvalue weighted by molar-refractivity contribution is 7.89. The van der Waals surface area contributed by atoms with Gasteiger partial charge in [-0.3, -0.25) is 9.58 Å². The van der Waals surface area contributed by atoms with E-state index < -0.39 is 21.9 Å². The molecule has 39 heavy (non-hydrogen) atoms. The first-order valence-corrected chi connectivity index (χ1v) is 13.7. The Balaban J connectivity index is 1.29. The molecule has 1 fully saturated rings. The molecule has 0 radical (unpaired) electrons. The zero-order chi connectivity index (χ0) is 27.8. The third-order valence-corrected chi connectivity index (χ3v) is 8.36. The van der Waals surface area contributed by atoms with E-state index >= 15 is 0 Å². The lowest BCUT2D eigenvalue weighted by Crippen LogP contribution is -2.50. The van der Waals surface area contributed by atoms with Crippen LogP contribution in [-0.2, 0) is 23.2 Å². The van der Waals surface area contributed by atoms with Gasteiger partial charge < -0.3 is 5.32 Å². The number of pyridine rings is 1. The second kappa shape index (κ2) is 10.5. The SMILES string of the molecule is C[C@@H](CN1CCN(S(=O)(=O)c2ccccn2)CC1)Nc1ncnc2c(-c3cn(C)nc3C(F)(F)F)cccc12. The highest BCUT2D eigenvalue weighted by Gasteiger charge is 2.38. The monoisotopic (exact) mass is 560 g/mol. The summed E-state index contributed by atoms with van der Waals surface area (Å²) in [5, 5.41) is 7.60. The van der Waals surface area contributed by atoms with Gasteiger partial charge in [-0.25, -0.2) is 23.4 Å². The van der Waals surface area contributed by atoms with Crippen LogP contribution in [-0.4, -0.2) is 81.1 Å². The Morgan fingerprint density at radius 1 is 1.00 bits per heavy atom. The zero-order valence-electron chi connectivity index (χ0n) is 21.3. The van der Waals surface area contributed by atoms with Crippen molar-refractivity contribution in [2.75, 3.05) is 38.0 Å². The predicted octanol–water partition coefficient (Wildman–Crippen LogP) is 3.25. The fourth-order valence-electron chi connectivity index (χ4n) is 4.77. The molecule has 10 nitrogen and oxygen atoms in total. The van der Waals surface area contributed by atoms with Crippen molar-refractivity contribution in [1.82, 2.24) is 33.9 Å². The van der Waals surface area contributed by atoms with Crippen LogP contribution in [0.25, 0.3) is 22.0 Å². The number of sulfonamides is 1. The van der Waals surface area contributed by atoms with Crippen molar-refractivity contribution in [2.24, 2.45) is 7.05 Å². The minimum atomic E-state index is -4.61. The fraction of sp³-hybridized carbons (Fsp3) is 0.360. The number of nitrogens with zero attached hydrogens (tertiary/aromatic N) is 7. The number of rotatable bonds is 7. The molecule has 0 spiro atoms. The molecule has 206 valence electrons. The fourth-order valence-corrected chi connectivity index (χ4v) is 6.12. The van der Waals surface area contributed by atoms with E-state index in [0.717, 1.165) is 4.68 Å². The Hall–Kier alpha value is -3.62. The van der Waals surface area contributed by atoms with Crippen LogP contribution in [0.5, 0.6) is 0 Å². The van der Waals surface area contributed by atoms with Crippen molar-refractivity contribution in [2.45, 2.75) is 24.2 Å². The highest BCUT2D eigenvalue weighted by atomic mass is 32.2. The van der Waals surface area contributed by atoms with Crippen LogP contribution in [0, 0.1) is 0 Å². The summed E-state index contributed by atoms with van der Waals surface area (Å²) >= 11 is 0. The van der Waals surface area contributed by atoms with E-state index in [1.807, 2.05) is 6.92 Å². The molecule has 0 bridgehead atoms. The molecule has 4 aromatic rings. The number of piperazine rings is 1. The number of hydrogen-bond acceptors (Lipinski definition) is 8. The molecular weight excluding hydrogens is 533 g/mol. The molecule has 1 aliphatic heterocycles. The number of halogens is 3. The second-order valence-electron chi connectivity index (χ2n) is 9.40. The van der Waals surface area contributed by atoms with Gasteiger partial charge in [-0.05, 0) is 25.1 Å². The molecular formula is C25H27F3N8O2S. The molecule has 1 N–H and O–H groups in total. The van der Waals surface area contributed by atoms with Crippen LogP contribution in [0.4, 0.5) is 19.0 Å². The minimum Gasteiger partial charge on any atom is -0.366 e. The van der Waals surface area contributed by atoms with E-state index in [9.17, 15) is 21.6 Å². The Bertz CT molecular complexity index is 1570. The lowest BCUT2D eigenvalue weighted by atomic mass is 10.0. The third kappa shape index (κ3) is 5.58. The first-order valence-electron chi connectivity index (χ1n) is 12.3. The van der Waals surface area contributed by atoms with E-state index in [1.54, 1.807) is 30.3 Å². The van der Waals surface area contributed by atoms with Gasteiger partial charge in [0.2, 0.25) is 0 Å². The number of benzene rings is 1. The van der Waals surface area contributed by atoms with Crippen molar-refractivity contribution >= 4 is 26.7 Å². The van der Waals surface area contributed by atoms with E-state index in [4.69, 9.17) is 0 Å². The topological polar surface area (TPSA) is 109 Å². The van der Waals surface area contributed by atoms with Gasteiger partial charge in [-0.2, -0.15) is 22.6 Å². The number of aromatic nitrogens is 5. The average Bonchev–Trinajstić information content (AvgIpc) is 3.31. The number of hydrogen-bond donors (Lipinski definition) is 1. The number of para-hydroxylation sites is 1. The van der Waals surface area contributed by atoms with Gasteiger partial charge in [0.15, 0.2) is 10.7 Å². The molecule has 1 aliphatic rings. The van der Waals surface area contributed by atoms with Crippen LogP contribution >= 0.6 is 0 Å². The van der Waals surface area contributed by atoms with Crippen LogP contribution in [0.15, 0.2) is 60.1 Å². The third-order valence-electron chi connectivity index (χ3n) is 6.54. The van der Waals surface area contributed by atoms with Gasteiger partial charge in [0, 0.05) is 74.7 Å². The van der Waals surface area contributed by atoms with Crippen molar-refractivity contribution in [3.05, 3.63) is 60.8 Å². The van der Waals surface area contributed by atoms with Gasteiger partial charge in [0.05, 0.1) is 5.52 Å². The lowest BCUT2D eigenvalue weighted by molar-refractivity contribution is -0.140. The first-order chi connectivity index (χ1) is 18.5. The number of nitrogens with one attached hydrogen (secondary N) is 1. The smallest absolute Gasteiger partial charge is 0.366 e. The molecule has 14 heteroatoms. The van der Waals surface area contributed by atoms with Gasteiger partial charge in [-0.15, -0.1) is 0 Å². The average molecular weight is 561 g/mol. The van der Waals surface area contributed by atoms with Crippen molar-refractivity contribution in [3.8, 4) is 11.1 Å². The van der Waals surface area contributed by atoms with Crippen LogP contribution < -0.4 is 5.32 Å². The molecule has 4 heterocycles. The van der Waals surface area contributed by atoms with E-state index in [-0.39, 0.29) is 16.6 Å². The van der Waals surface area contributed by atoms with Crippen LogP contribution in [0.3, 0.4) is 0 Å². The summed E-state index contributed by atoms with van der Waals surface area (Å²) in [6.45, 7) is 4.37. The van der Waals surface area contributed by atoms with Gasteiger partial charge in [0.25, 0.3) is 10.0 Å². The van der Waals surface area contributed by atoms with Gasteiger partial charge >= 0.3 is 6.18 Å². The Morgan fingerprint density at radius 2 is 1.77 bits per heavy atom.